The predicted molar refractivity (Wildman–Crippen MR) is 88.7 cm³/mol. The molecule has 1 aromatic heterocycles. The van der Waals surface area contributed by atoms with Crippen LogP contribution in [0.15, 0.2) is 18.3 Å². The number of nitrogens with zero attached hydrogens (tertiary/aromatic N) is 2. The Morgan fingerprint density at radius 2 is 2.19 bits per heavy atom. The Balaban J connectivity index is 0.00000110. The van der Waals surface area contributed by atoms with Gasteiger partial charge in [0.05, 0.1) is 10.6 Å². The van der Waals surface area contributed by atoms with Crippen LogP contribution < -0.4 is 16.0 Å². The number of halogens is 3. The molecule has 1 aliphatic carbocycles. The van der Waals surface area contributed by atoms with E-state index in [1.807, 2.05) is 12.1 Å². The molecular weight excluding hydrogens is 335 g/mol. The van der Waals surface area contributed by atoms with E-state index < -0.39 is 5.54 Å². The molecule has 2 heterocycles. The summed E-state index contributed by atoms with van der Waals surface area (Å²) in [5.41, 5.74) is 5.28. The van der Waals surface area contributed by atoms with Crippen LogP contribution in [0.3, 0.4) is 0 Å². The summed E-state index contributed by atoms with van der Waals surface area (Å²) in [6.07, 6.45) is 4.21. The number of amides is 1. The summed E-state index contributed by atoms with van der Waals surface area (Å²) in [6, 6.07) is 3.77. The van der Waals surface area contributed by atoms with Crippen molar-refractivity contribution < 1.29 is 4.79 Å². The monoisotopic (exact) mass is 352 g/mol. The van der Waals surface area contributed by atoms with E-state index in [9.17, 15) is 4.79 Å². The van der Waals surface area contributed by atoms with E-state index in [2.05, 4.69) is 15.2 Å². The number of nitrogens with one attached hydrogen (secondary N) is 1. The summed E-state index contributed by atoms with van der Waals surface area (Å²) in [7, 11) is 0. The first-order valence-corrected chi connectivity index (χ1v) is 6.92. The SMILES string of the molecule is Cl.Cl.NC1(C(=O)NC2CCN(c3ncccc3Cl)C2)CC1. The summed E-state index contributed by atoms with van der Waals surface area (Å²) < 4.78 is 0. The minimum Gasteiger partial charge on any atom is -0.353 e. The number of rotatable bonds is 3. The fourth-order valence-corrected chi connectivity index (χ4v) is 2.61. The van der Waals surface area contributed by atoms with Crippen LogP contribution in [0.1, 0.15) is 19.3 Å². The van der Waals surface area contributed by atoms with Gasteiger partial charge in [-0.05, 0) is 31.4 Å². The number of hydrogen-bond acceptors (Lipinski definition) is 4. The molecule has 5 nitrogen and oxygen atoms in total. The molecule has 3 rings (SSSR count). The lowest BCUT2D eigenvalue weighted by Gasteiger charge is -2.19. The maximum absolute atomic E-state index is 11.9. The van der Waals surface area contributed by atoms with Crippen LogP contribution >= 0.6 is 36.4 Å². The number of pyridine rings is 1. The van der Waals surface area contributed by atoms with Gasteiger partial charge >= 0.3 is 0 Å². The maximum Gasteiger partial charge on any atom is 0.240 e. The normalized spacial score (nSPS) is 22.0. The molecule has 118 valence electrons. The fraction of sp³-hybridized carbons (Fsp3) is 0.538. The van der Waals surface area contributed by atoms with Crippen LogP contribution in [-0.2, 0) is 4.79 Å². The maximum atomic E-state index is 11.9. The van der Waals surface area contributed by atoms with E-state index in [1.165, 1.54) is 0 Å². The van der Waals surface area contributed by atoms with Crippen molar-refractivity contribution in [2.24, 2.45) is 5.73 Å². The molecule has 0 spiro atoms. The second-order valence-electron chi connectivity index (χ2n) is 5.37. The van der Waals surface area contributed by atoms with E-state index in [-0.39, 0.29) is 36.8 Å². The molecule has 0 aromatic carbocycles. The van der Waals surface area contributed by atoms with Crippen molar-refractivity contribution >= 4 is 48.1 Å². The number of carbonyl (C=O) groups is 1. The van der Waals surface area contributed by atoms with Crippen LogP contribution in [0.2, 0.25) is 5.02 Å². The second kappa shape index (κ2) is 7.01. The second-order valence-corrected chi connectivity index (χ2v) is 5.78. The molecule has 3 N–H and O–H groups in total. The Kier molecular flexibility index (Phi) is 6.11. The minimum absolute atomic E-state index is 0. The summed E-state index contributed by atoms with van der Waals surface area (Å²) >= 11 is 6.13. The number of carbonyl (C=O) groups excluding carboxylic acids is 1. The number of nitrogens with two attached hydrogens (primary N) is 1. The van der Waals surface area contributed by atoms with Crippen LogP contribution in [0.25, 0.3) is 0 Å². The number of anilines is 1. The van der Waals surface area contributed by atoms with Crippen molar-refractivity contribution in [1.29, 1.82) is 0 Å². The quantitative estimate of drug-likeness (QED) is 0.869. The van der Waals surface area contributed by atoms with Crippen molar-refractivity contribution in [3.05, 3.63) is 23.4 Å². The lowest BCUT2D eigenvalue weighted by molar-refractivity contribution is -0.123. The summed E-state index contributed by atoms with van der Waals surface area (Å²) in [6.45, 7) is 1.58. The van der Waals surface area contributed by atoms with E-state index in [4.69, 9.17) is 17.3 Å². The standard InChI is InChI=1S/C13H17ClN4O.2ClH/c14-10-2-1-6-16-11(10)18-7-3-9(8-18)17-12(19)13(15)4-5-13;;/h1-2,6,9H,3-5,7-8,15H2,(H,17,19);2*1H. The Morgan fingerprint density at radius 3 is 2.81 bits per heavy atom. The molecule has 21 heavy (non-hydrogen) atoms. The predicted octanol–water partition coefficient (Wildman–Crippen LogP) is 1.76. The van der Waals surface area contributed by atoms with Crippen molar-refractivity contribution in [2.75, 3.05) is 18.0 Å². The van der Waals surface area contributed by atoms with Crippen LogP contribution in [0, 0.1) is 0 Å². The molecule has 8 heteroatoms. The van der Waals surface area contributed by atoms with Gasteiger partial charge in [-0.15, -0.1) is 24.8 Å². The van der Waals surface area contributed by atoms with Gasteiger partial charge in [0.2, 0.25) is 5.91 Å². The first-order valence-electron chi connectivity index (χ1n) is 6.54. The number of hydrogen-bond donors (Lipinski definition) is 2. The van der Waals surface area contributed by atoms with E-state index in [1.54, 1.807) is 6.20 Å². The van der Waals surface area contributed by atoms with Crippen LogP contribution in [-0.4, -0.2) is 35.6 Å². The highest BCUT2D eigenvalue weighted by Gasteiger charge is 2.46. The van der Waals surface area contributed by atoms with Crippen molar-refractivity contribution in [3.8, 4) is 0 Å². The Hall–Kier alpha value is -0.750. The Bertz CT molecular complexity index is 510. The molecule has 1 unspecified atom stereocenters. The largest absolute Gasteiger partial charge is 0.353 e. The number of aromatic nitrogens is 1. The van der Waals surface area contributed by atoms with Gasteiger partial charge in [-0.1, -0.05) is 11.6 Å². The zero-order valence-electron chi connectivity index (χ0n) is 11.4. The highest BCUT2D eigenvalue weighted by atomic mass is 35.5. The summed E-state index contributed by atoms with van der Waals surface area (Å²) in [4.78, 5) is 18.3. The molecule has 1 aliphatic heterocycles. The summed E-state index contributed by atoms with van der Waals surface area (Å²) in [5.74, 6) is 0.765. The van der Waals surface area contributed by atoms with E-state index in [0.717, 1.165) is 38.2 Å². The van der Waals surface area contributed by atoms with Gasteiger partial charge in [-0.2, -0.15) is 0 Å². The van der Waals surface area contributed by atoms with Crippen molar-refractivity contribution in [2.45, 2.75) is 30.8 Å². The first-order chi connectivity index (χ1) is 9.08. The third-order valence-electron chi connectivity index (χ3n) is 3.80. The molecule has 0 bridgehead atoms. The third kappa shape index (κ3) is 3.92. The molecule has 1 amide bonds. The van der Waals surface area contributed by atoms with Gasteiger partial charge in [0.25, 0.3) is 0 Å². The summed E-state index contributed by atoms with van der Waals surface area (Å²) in [5, 5.41) is 3.67. The van der Waals surface area contributed by atoms with Gasteiger partial charge < -0.3 is 16.0 Å². The molecule has 1 aromatic rings. The topological polar surface area (TPSA) is 71.2 Å². The van der Waals surface area contributed by atoms with Gasteiger partial charge in [0.1, 0.15) is 5.82 Å². The molecule has 0 radical (unpaired) electrons. The van der Waals surface area contributed by atoms with Crippen LogP contribution in [0.4, 0.5) is 5.82 Å². The van der Waals surface area contributed by atoms with Crippen LogP contribution in [0.5, 0.6) is 0 Å². The van der Waals surface area contributed by atoms with Crippen molar-refractivity contribution in [3.63, 3.8) is 0 Å². The highest BCUT2D eigenvalue weighted by Crippen LogP contribution is 2.33. The van der Waals surface area contributed by atoms with Gasteiger partial charge in [-0.3, -0.25) is 4.79 Å². The Labute approximate surface area is 141 Å². The van der Waals surface area contributed by atoms with Gasteiger partial charge in [0, 0.05) is 25.3 Å². The van der Waals surface area contributed by atoms with Crippen molar-refractivity contribution in [1.82, 2.24) is 10.3 Å². The third-order valence-corrected chi connectivity index (χ3v) is 4.10. The zero-order chi connectivity index (χ0) is 13.5. The lowest BCUT2D eigenvalue weighted by Crippen LogP contribution is -2.48. The molecule has 1 saturated carbocycles. The molecular formula is C13H19Cl3N4O. The molecule has 2 aliphatic rings. The highest BCUT2D eigenvalue weighted by molar-refractivity contribution is 6.32. The van der Waals surface area contributed by atoms with E-state index in [0.29, 0.717) is 5.02 Å². The lowest BCUT2D eigenvalue weighted by atomic mass is 10.2. The van der Waals surface area contributed by atoms with E-state index >= 15 is 0 Å². The zero-order valence-corrected chi connectivity index (χ0v) is 13.8. The smallest absolute Gasteiger partial charge is 0.240 e. The minimum atomic E-state index is -0.601. The molecule has 1 saturated heterocycles. The van der Waals surface area contributed by atoms with Gasteiger partial charge in [-0.25, -0.2) is 4.98 Å². The average molecular weight is 354 g/mol. The molecule has 1 atom stereocenters. The molecule has 2 fully saturated rings. The van der Waals surface area contributed by atoms with Gasteiger partial charge in [0.15, 0.2) is 0 Å². The first kappa shape index (κ1) is 18.3. The fourth-order valence-electron chi connectivity index (χ4n) is 2.37. The Morgan fingerprint density at radius 1 is 1.48 bits per heavy atom. The average Bonchev–Trinajstić information content (AvgIpc) is 2.98.